The molecule has 3 aromatic carbocycles. The van der Waals surface area contributed by atoms with Gasteiger partial charge in [0.05, 0.1) is 17.1 Å². The van der Waals surface area contributed by atoms with Crippen molar-refractivity contribution >= 4 is 29.2 Å². The van der Waals surface area contributed by atoms with E-state index in [0.717, 1.165) is 11.1 Å². The zero-order valence-corrected chi connectivity index (χ0v) is 18.5. The average molecular weight is 474 g/mol. The number of benzene rings is 3. The molecule has 0 fully saturated rings. The third-order valence-corrected chi connectivity index (χ3v) is 4.71. The zero-order chi connectivity index (χ0) is 25.0. The molecule has 0 heterocycles. The van der Waals surface area contributed by atoms with Gasteiger partial charge in [-0.15, -0.1) is 0 Å². The molecule has 0 saturated heterocycles. The number of hydrogen-bond donors (Lipinski definition) is 2. The van der Waals surface area contributed by atoms with Crippen LogP contribution in [0.4, 0.5) is 5.69 Å². The molecule has 2 amide bonds. The monoisotopic (exact) mass is 474 g/mol. The lowest BCUT2D eigenvalue weighted by Crippen LogP contribution is -2.29. The van der Waals surface area contributed by atoms with E-state index in [1.165, 1.54) is 24.3 Å². The fourth-order valence-electron chi connectivity index (χ4n) is 2.97. The van der Waals surface area contributed by atoms with Crippen molar-refractivity contribution in [1.29, 1.82) is 0 Å². The minimum atomic E-state index is -0.681. The third kappa shape index (κ3) is 7.60. The van der Waals surface area contributed by atoms with Crippen LogP contribution in [-0.4, -0.2) is 41.6 Å². The van der Waals surface area contributed by atoms with Crippen molar-refractivity contribution in [3.05, 3.63) is 112 Å². The van der Waals surface area contributed by atoms with Crippen LogP contribution in [0.15, 0.2) is 90.0 Å². The molecular weight excluding hydrogens is 452 g/mol. The number of ether oxygens (including phenoxy) is 1. The maximum Gasteiger partial charge on any atom is 0.308 e. The van der Waals surface area contributed by atoms with Gasteiger partial charge in [-0.25, -0.2) is 5.43 Å². The molecule has 178 valence electrons. The van der Waals surface area contributed by atoms with Crippen LogP contribution in [-0.2, 0) is 14.3 Å². The zero-order valence-electron chi connectivity index (χ0n) is 18.5. The van der Waals surface area contributed by atoms with Crippen LogP contribution < -0.4 is 10.7 Å². The fourth-order valence-corrected chi connectivity index (χ4v) is 2.97. The fraction of sp³-hybridized carbons (Fsp3) is 0.120. The van der Waals surface area contributed by atoms with E-state index >= 15 is 0 Å². The van der Waals surface area contributed by atoms with Crippen LogP contribution in [0.25, 0.3) is 0 Å². The Morgan fingerprint density at radius 1 is 0.829 bits per heavy atom. The van der Waals surface area contributed by atoms with Gasteiger partial charge in [-0.05, 0) is 12.1 Å². The number of esters is 1. The molecule has 10 heteroatoms. The van der Waals surface area contributed by atoms with Gasteiger partial charge in [0.25, 0.3) is 17.5 Å². The second kappa shape index (κ2) is 12.4. The summed E-state index contributed by atoms with van der Waals surface area (Å²) in [6.45, 7) is -0.559. The lowest BCUT2D eigenvalue weighted by atomic mass is 10.0. The summed E-state index contributed by atoms with van der Waals surface area (Å²) < 4.78 is 4.93. The van der Waals surface area contributed by atoms with Gasteiger partial charge >= 0.3 is 5.97 Å². The van der Waals surface area contributed by atoms with Crippen molar-refractivity contribution in [2.24, 2.45) is 5.10 Å². The van der Waals surface area contributed by atoms with Gasteiger partial charge in [-0.2, -0.15) is 5.10 Å². The maximum atomic E-state index is 12.1. The lowest BCUT2D eigenvalue weighted by Gasteiger charge is -2.09. The van der Waals surface area contributed by atoms with Crippen molar-refractivity contribution in [3.8, 4) is 0 Å². The number of nitrogens with one attached hydrogen (secondary N) is 2. The Labute approximate surface area is 200 Å². The van der Waals surface area contributed by atoms with Crippen molar-refractivity contribution in [2.75, 3.05) is 13.2 Å². The highest BCUT2D eigenvalue weighted by Gasteiger charge is 2.12. The number of nitrogens with zero attached hydrogens (tertiary/aromatic N) is 2. The Bertz CT molecular complexity index is 1170. The number of hydrogen-bond acceptors (Lipinski definition) is 7. The van der Waals surface area contributed by atoms with Gasteiger partial charge in [0.15, 0.2) is 6.61 Å². The van der Waals surface area contributed by atoms with Gasteiger partial charge in [0, 0.05) is 35.4 Å². The van der Waals surface area contributed by atoms with Crippen LogP contribution in [0.1, 0.15) is 27.9 Å². The molecule has 2 N–H and O–H groups in total. The summed E-state index contributed by atoms with van der Waals surface area (Å²) in [5, 5.41) is 17.4. The first kappa shape index (κ1) is 24.8. The summed E-state index contributed by atoms with van der Waals surface area (Å²) in [7, 11) is 0. The van der Waals surface area contributed by atoms with Crippen LogP contribution >= 0.6 is 0 Å². The first-order valence-corrected chi connectivity index (χ1v) is 10.6. The molecule has 0 bridgehead atoms. The normalized spacial score (nSPS) is 10.1. The number of non-ortho nitro benzene ring substituents is 1. The smallest absolute Gasteiger partial charge is 0.308 e. The Morgan fingerprint density at radius 3 is 1.94 bits per heavy atom. The van der Waals surface area contributed by atoms with Crippen molar-refractivity contribution in [2.45, 2.75) is 6.42 Å². The molecular formula is C25H22N4O6. The van der Waals surface area contributed by atoms with Crippen molar-refractivity contribution in [3.63, 3.8) is 0 Å². The molecule has 10 nitrogen and oxygen atoms in total. The molecule has 35 heavy (non-hydrogen) atoms. The molecule has 0 atom stereocenters. The van der Waals surface area contributed by atoms with E-state index in [1.807, 2.05) is 60.7 Å². The number of amides is 2. The van der Waals surface area contributed by atoms with Crippen LogP contribution in [0.2, 0.25) is 0 Å². The van der Waals surface area contributed by atoms with Crippen LogP contribution in [0, 0.1) is 10.1 Å². The average Bonchev–Trinajstić information content (AvgIpc) is 2.89. The topological polar surface area (TPSA) is 140 Å². The largest absolute Gasteiger partial charge is 0.455 e. The number of carbonyl (C=O) groups excluding carboxylic acids is 3. The summed E-state index contributed by atoms with van der Waals surface area (Å²) in [5.41, 5.74) is 4.65. The highest BCUT2D eigenvalue weighted by atomic mass is 16.6. The van der Waals surface area contributed by atoms with Gasteiger partial charge in [0.1, 0.15) is 0 Å². The second-order valence-electron chi connectivity index (χ2n) is 7.20. The van der Waals surface area contributed by atoms with Crippen LogP contribution in [0.5, 0.6) is 0 Å². The Kier molecular flexibility index (Phi) is 8.78. The Morgan fingerprint density at radius 2 is 1.40 bits per heavy atom. The minimum absolute atomic E-state index is 0.0272. The minimum Gasteiger partial charge on any atom is -0.455 e. The Balaban J connectivity index is 1.45. The molecule has 3 rings (SSSR count). The summed E-state index contributed by atoms with van der Waals surface area (Å²) in [6.07, 6.45) is -0.158. The van der Waals surface area contributed by atoms with Gasteiger partial charge in [-0.1, -0.05) is 60.7 Å². The molecule has 0 saturated carbocycles. The third-order valence-electron chi connectivity index (χ3n) is 4.71. The van der Waals surface area contributed by atoms with Gasteiger partial charge < -0.3 is 10.1 Å². The Hall–Kier alpha value is -4.86. The lowest BCUT2D eigenvalue weighted by molar-refractivity contribution is -0.384. The van der Waals surface area contributed by atoms with E-state index in [9.17, 15) is 24.5 Å². The molecule has 0 spiro atoms. The summed E-state index contributed by atoms with van der Waals surface area (Å²) in [4.78, 5) is 46.2. The molecule has 0 unspecified atom stereocenters. The number of rotatable bonds is 10. The summed E-state index contributed by atoms with van der Waals surface area (Å²) in [6, 6.07) is 23.7. The summed E-state index contributed by atoms with van der Waals surface area (Å²) >= 11 is 0. The number of nitro groups is 1. The molecule has 3 aromatic rings. The van der Waals surface area contributed by atoms with Crippen molar-refractivity contribution < 1.29 is 24.0 Å². The summed E-state index contributed by atoms with van der Waals surface area (Å²) in [5.74, 6) is -1.79. The first-order valence-electron chi connectivity index (χ1n) is 10.6. The van der Waals surface area contributed by atoms with E-state index in [2.05, 4.69) is 15.8 Å². The quantitative estimate of drug-likeness (QED) is 0.200. The molecule has 0 radical (unpaired) electrons. The highest BCUT2D eigenvalue weighted by molar-refractivity contribution is 6.13. The van der Waals surface area contributed by atoms with Crippen LogP contribution in [0.3, 0.4) is 0 Å². The predicted octanol–water partition coefficient (Wildman–Crippen LogP) is 2.83. The second-order valence-corrected chi connectivity index (χ2v) is 7.20. The van der Waals surface area contributed by atoms with Gasteiger partial charge in [0.2, 0.25) is 0 Å². The van der Waals surface area contributed by atoms with Gasteiger partial charge in [-0.3, -0.25) is 24.5 Å². The molecule has 0 aliphatic carbocycles. The van der Waals surface area contributed by atoms with E-state index in [-0.39, 0.29) is 24.2 Å². The first-order chi connectivity index (χ1) is 16.9. The van der Waals surface area contributed by atoms with Crippen molar-refractivity contribution in [1.82, 2.24) is 10.7 Å². The highest BCUT2D eigenvalue weighted by Crippen LogP contribution is 2.12. The number of carbonyl (C=O) groups is 3. The number of hydrazone groups is 1. The SMILES string of the molecule is O=C(COC(=O)CCNC(=O)c1ccc([N+](=O)[O-])cc1)NN=C(c1ccccc1)c1ccccc1. The van der Waals surface area contributed by atoms with E-state index in [0.29, 0.717) is 5.71 Å². The van der Waals surface area contributed by atoms with E-state index in [1.54, 1.807) is 0 Å². The number of nitro benzene ring substituents is 1. The van der Waals surface area contributed by atoms with E-state index < -0.39 is 29.3 Å². The predicted molar refractivity (Wildman–Crippen MR) is 128 cm³/mol. The standard InChI is InChI=1S/C25H22N4O6/c30-22(27-28-24(18-7-3-1-4-8-18)19-9-5-2-6-10-19)17-35-23(31)15-16-26-25(32)20-11-13-21(14-12-20)29(33)34/h1-14H,15-17H2,(H,26,32)(H,27,30). The maximum absolute atomic E-state index is 12.1. The molecule has 0 aromatic heterocycles. The molecule has 0 aliphatic rings. The molecule has 0 aliphatic heterocycles. The van der Waals surface area contributed by atoms with E-state index in [4.69, 9.17) is 4.74 Å².